The summed E-state index contributed by atoms with van der Waals surface area (Å²) >= 11 is 7.52. The van der Waals surface area contributed by atoms with Crippen LogP contribution in [-0.4, -0.2) is 16.1 Å². The van der Waals surface area contributed by atoms with Gasteiger partial charge in [-0.3, -0.25) is 0 Å². The molecule has 0 spiro atoms. The molecule has 0 saturated heterocycles. The van der Waals surface area contributed by atoms with Crippen LogP contribution in [0.3, 0.4) is 0 Å². The molecule has 0 unspecified atom stereocenters. The van der Waals surface area contributed by atoms with E-state index in [1.54, 1.807) is 0 Å². The first-order chi connectivity index (χ1) is 10.1. The van der Waals surface area contributed by atoms with E-state index in [1.165, 1.54) is 11.3 Å². The Labute approximate surface area is 131 Å². The van der Waals surface area contributed by atoms with E-state index in [0.29, 0.717) is 5.82 Å². The lowest BCUT2D eigenvalue weighted by atomic mass is 10.2. The molecule has 0 bridgehead atoms. The highest BCUT2D eigenvalue weighted by Gasteiger charge is 2.11. The number of hydrogen-bond donors (Lipinski definition) is 1. The summed E-state index contributed by atoms with van der Waals surface area (Å²) in [5, 5.41) is 6.44. The first-order valence-electron chi connectivity index (χ1n) is 6.57. The van der Waals surface area contributed by atoms with Crippen molar-refractivity contribution < 1.29 is 4.74 Å². The van der Waals surface area contributed by atoms with E-state index in [4.69, 9.17) is 16.3 Å². The standard InChI is InChI=1S/C15H14ClN3OS/c1-9(2)20-12-6-4-3-5-11(12)17-13-10-7-8-21-14(10)19-15(16)18-13/h3-9H,1-2H3,(H,17,18,19). The number of para-hydroxylation sites is 2. The first-order valence-corrected chi connectivity index (χ1v) is 7.82. The Morgan fingerprint density at radius 2 is 2.00 bits per heavy atom. The molecule has 3 aromatic rings. The number of ether oxygens (including phenoxy) is 1. The Morgan fingerprint density at radius 3 is 2.81 bits per heavy atom. The molecule has 4 nitrogen and oxygen atoms in total. The van der Waals surface area contributed by atoms with Gasteiger partial charge in [0, 0.05) is 0 Å². The third kappa shape index (κ3) is 3.09. The number of aromatic nitrogens is 2. The predicted octanol–water partition coefficient (Wildman–Crippen LogP) is 4.88. The van der Waals surface area contributed by atoms with Crippen LogP contribution in [0.4, 0.5) is 11.5 Å². The molecule has 21 heavy (non-hydrogen) atoms. The van der Waals surface area contributed by atoms with Crippen molar-refractivity contribution in [2.45, 2.75) is 20.0 Å². The van der Waals surface area contributed by atoms with Gasteiger partial charge in [-0.05, 0) is 49.0 Å². The van der Waals surface area contributed by atoms with Gasteiger partial charge in [-0.2, -0.15) is 4.98 Å². The van der Waals surface area contributed by atoms with Crippen LogP contribution in [0, 0.1) is 0 Å². The fourth-order valence-electron chi connectivity index (χ4n) is 1.98. The molecule has 108 valence electrons. The minimum absolute atomic E-state index is 0.100. The van der Waals surface area contributed by atoms with E-state index >= 15 is 0 Å². The third-order valence-electron chi connectivity index (χ3n) is 2.80. The number of thiophene rings is 1. The van der Waals surface area contributed by atoms with E-state index in [2.05, 4.69) is 15.3 Å². The average molecular weight is 320 g/mol. The van der Waals surface area contributed by atoms with Crippen molar-refractivity contribution in [1.82, 2.24) is 9.97 Å². The maximum Gasteiger partial charge on any atom is 0.225 e. The van der Waals surface area contributed by atoms with Crippen LogP contribution in [-0.2, 0) is 0 Å². The maximum absolute atomic E-state index is 5.98. The minimum atomic E-state index is 0.100. The first kappa shape index (κ1) is 14.1. The molecule has 0 fully saturated rings. The van der Waals surface area contributed by atoms with Gasteiger partial charge in [-0.15, -0.1) is 11.3 Å². The quantitative estimate of drug-likeness (QED) is 0.696. The molecule has 0 aliphatic carbocycles. The van der Waals surface area contributed by atoms with Crippen molar-refractivity contribution in [3.63, 3.8) is 0 Å². The monoisotopic (exact) mass is 319 g/mol. The number of halogens is 1. The number of nitrogens with one attached hydrogen (secondary N) is 1. The molecule has 6 heteroatoms. The van der Waals surface area contributed by atoms with Crippen molar-refractivity contribution >= 4 is 44.7 Å². The largest absolute Gasteiger partial charge is 0.489 e. The SMILES string of the molecule is CC(C)Oc1ccccc1Nc1nc(Cl)nc2sccc12. The van der Waals surface area contributed by atoms with E-state index in [-0.39, 0.29) is 11.4 Å². The van der Waals surface area contributed by atoms with Crippen LogP contribution < -0.4 is 10.1 Å². The number of hydrogen-bond acceptors (Lipinski definition) is 5. The lowest BCUT2D eigenvalue weighted by molar-refractivity contribution is 0.244. The minimum Gasteiger partial charge on any atom is -0.489 e. The number of rotatable bonds is 4. The van der Waals surface area contributed by atoms with Gasteiger partial charge >= 0.3 is 0 Å². The number of benzene rings is 1. The molecule has 0 aliphatic heterocycles. The van der Waals surface area contributed by atoms with Gasteiger partial charge in [0.05, 0.1) is 17.2 Å². The van der Waals surface area contributed by atoms with Gasteiger partial charge in [0.1, 0.15) is 16.4 Å². The Hall–Kier alpha value is -1.85. The summed E-state index contributed by atoms with van der Waals surface area (Å²) < 4.78 is 5.81. The zero-order valence-electron chi connectivity index (χ0n) is 11.6. The van der Waals surface area contributed by atoms with Gasteiger partial charge in [-0.25, -0.2) is 4.98 Å². The molecule has 0 amide bonds. The second kappa shape index (κ2) is 5.87. The molecular weight excluding hydrogens is 306 g/mol. The molecule has 3 rings (SSSR count). The highest BCUT2D eigenvalue weighted by Crippen LogP contribution is 2.32. The normalized spacial score (nSPS) is 11.0. The van der Waals surface area contributed by atoms with Crippen molar-refractivity contribution in [2.24, 2.45) is 0 Å². The van der Waals surface area contributed by atoms with E-state index < -0.39 is 0 Å². The van der Waals surface area contributed by atoms with Gasteiger partial charge in [0.15, 0.2) is 0 Å². The van der Waals surface area contributed by atoms with Crippen molar-refractivity contribution in [3.8, 4) is 5.75 Å². The molecule has 2 aromatic heterocycles. The Balaban J connectivity index is 2.01. The molecular formula is C15H14ClN3OS. The van der Waals surface area contributed by atoms with Gasteiger partial charge < -0.3 is 10.1 Å². The summed E-state index contributed by atoms with van der Waals surface area (Å²) in [6, 6.07) is 9.74. The number of fused-ring (bicyclic) bond motifs is 1. The highest BCUT2D eigenvalue weighted by molar-refractivity contribution is 7.16. The molecule has 0 radical (unpaired) electrons. The molecule has 2 heterocycles. The molecule has 1 aromatic carbocycles. The van der Waals surface area contributed by atoms with Crippen LogP contribution in [0.5, 0.6) is 5.75 Å². The van der Waals surface area contributed by atoms with Crippen LogP contribution >= 0.6 is 22.9 Å². The van der Waals surface area contributed by atoms with Gasteiger partial charge in [-0.1, -0.05) is 12.1 Å². The van der Waals surface area contributed by atoms with Gasteiger partial charge in [0.2, 0.25) is 5.28 Å². The van der Waals surface area contributed by atoms with Gasteiger partial charge in [0.25, 0.3) is 0 Å². The van der Waals surface area contributed by atoms with Crippen molar-refractivity contribution in [2.75, 3.05) is 5.32 Å². The summed E-state index contributed by atoms with van der Waals surface area (Å²) in [7, 11) is 0. The number of nitrogens with zero attached hydrogens (tertiary/aromatic N) is 2. The summed E-state index contributed by atoms with van der Waals surface area (Å²) in [4.78, 5) is 9.35. The Kier molecular flexibility index (Phi) is 3.94. The van der Waals surface area contributed by atoms with Crippen LogP contribution in [0.2, 0.25) is 5.28 Å². The maximum atomic E-state index is 5.98. The fraction of sp³-hybridized carbons (Fsp3) is 0.200. The predicted molar refractivity (Wildman–Crippen MR) is 87.9 cm³/mol. The summed E-state index contributed by atoms with van der Waals surface area (Å²) in [5.74, 6) is 1.47. The lowest BCUT2D eigenvalue weighted by Crippen LogP contribution is -2.07. The zero-order chi connectivity index (χ0) is 14.8. The van der Waals surface area contributed by atoms with Crippen molar-refractivity contribution in [3.05, 3.63) is 41.0 Å². The van der Waals surface area contributed by atoms with E-state index in [1.807, 2.05) is 49.6 Å². The highest BCUT2D eigenvalue weighted by atomic mass is 35.5. The van der Waals surface area contributed by atoms with Crippen LogP contribution in [0.1, 0.15) is 13.8 Å². The molecule has 0 saturated carbocycles. The lowest BCUT2D eigenvalue weighted by Gasteiger charge is -2.15. The molecule has 1 N–H and O–H groups in total. The van der Waals surface area contributed by atoms with Crippen LogP contribution in [0.25, 0.3) is 10.2 Å². The van der Waals surface area contributed by atoms with E-state index in [0.717, 1.165) is 21.7 Å². The second-order valence-electron chi connectivity index (χ2n) is 4.77. The topological polar surface area (TPSA) is 47.0 Å². The summed E-state index contributed by atoms with van der Waals surface area (Å²) in [5.41, 5.74) is 0.855. The fourth-order valence-corrected chi connectivity index (χ4v) is 2.96. The smallest absolute Gasteiger partial charge is 0.225 e. The van der Waals surface area contributed by atoms with Crippen LogP contribution in [0.15, 0.2) is 35.7 Å². The third-order valence-corrected chi connectivity index (χ3v) is 3.78. The molecule has 0 atom stereocenters. The van der Waals surface area contributed by atoms with E-state index in [9.17, 15) is 0 Å². The summed E-state index contributed by atoms with van der Waals surface area (Å²) in [6.45, 7) is 3.99. The Morgan fingerprint density at radius 1 is 1.19 bits per heavy atom. The van der Waals surface area contributed by atoms with Crippen molar-refractivity contribution in [1.29, 1.82) is 0 Å². The summed E-state index contributed by atoms with van der Waals surface area (Å²) in [6.07, 6.45) is 0.100. The second-order valence-corrected chi connectivity index (χ2v) is 6.00. The average Bonchev–Trinajstić information content (AvgIpc) is 2.88. The number of anilines is 2. The Bertz CT molecular complexity index is 772. The zero-order valence-corrected chi connectivity index (χ0v) is 13.2. The molecule has 0 aliphatic rings.